The van der Waals surface area contributed by atoms with Crippen LogP contribution in [0.5, 0.6) is 0 Å². The van der Waals surface area contributed by atoms with Gasteiger partial charge >= 0.3 is 12.0 Å². The summed E-state index contributed by atoms with van der Waals surface area (Å²) in [7, 11) is -3.72. The summed E-state index contributed by atoms with van der Waals surface area (Å²) in [5, 5.41) is 17.9. The lowest BCUT2D eigenvalue weighted by atomic mass is 10.2. The Hall–Kier alpha value is -2.20. The minimum Gasteiger partial charge on any atom is -0.478 e. The van der Waals surface area contributed by atoms with Crippen LogP contribution in [0.25, 0.3) is 0 Å². The second-order valence-corrected chi connectivity index (χ2v) is 5.48. The van der Waals surface area contributed by atoms with Crippen molar-refractivity contribution in [3.63, 3.8) is 0 Å². The lowest BCUT2D eigenvalue weighted by Gasteiger charge is -2.09. The van der Waals surface area contributed by atoms with E-state index in [-0.39, 0.29) is 17.8 Å². The molecule has 0 aliphatic rings. The van der Waals surface area contributed by atoms with Gasteiger partial charge in [-0.3, -0.25) is 0 Å². The molecule has 0 aliphatic heterocycles. The van der Waals surface area contributed by atoms with Crippen LogP contribution in [-0.2, 0) is 10.0 Å². The van der Waals surface area contributed by atoms with E-state index in [0.717, 1.165) is 18.2 Å². The fourth-order valence-electron chi connectivity index (χ4n) is 1.28. The molecule has 1 aromatic rings. The summed E-state index contributed by atoms with van der Waals surface area (Å²) in [6, 6.07) is 1.90. The predicted molar refractivity (Wildman–Crippen MR) is 68.4 cm³/mol. The molecule has 0 heterocycles. The zero-order valence-electron chi connectivity index (χ0n) is 10.1. The van der Waals surface area contributed by atoms with Crippen molar-refractivity contribution in [2.75, 3.05) is 17.6 Å². The van der Waals surface area contributed by atoms with Gasteiger partial charge in [-0.15, -0.1) is 0 Å². The Kier molecular flexibility index (Phi) is 5.00. The standard InChI is InChI=1S/C10H12FN3O5S/c11-6-1-2-7(9(15)16)8(5-6)14-10(17)13-3-4-20(12,18)19/h1-2,5H,3-4H2,(H,15,16)(H2,12,18,19)(H2,13,14,17). The lowest BCUT2D eigenvalue weighted by Crippen LogP contribution is -2.34. The second-order valence-electron chi connectivity index (χ2n) is 3.74. The Morgan fingerprint density at radius 2 is 2.00 bits per heavy atom. The molecule has 0 saturated carbocycles. The summed E-state index contributed by atoms with van der Waals surface area (Å²) in [5.74, 6) is -2.55. The maximum atomic E-state index is 13.0. The van der Waals surface area contributed by atoms with Crippen LogP contribution in [0, 0.1) is 5.82 Å². The number of hydrogen-bond acceptors (Lipinski definition) is 4. The van der Waals surface area contributed by atoms with Crippen LogP contribution in [0.15, 0.2) is 18.2 Å². The zero-order chi connectivity index (χ0) is 15.3. The van der Waals surface area contributed by atoms with Gasteiger partial charge in [-0.25, -0.2) is 27.5 Å². The van der Waals surface area contributed by atoms with Gasteiger partial charge in [0.2, 0.25) is 10.0 Å². The maximum absolute atomic E-state index is 13.0. The van der Waals surface area contributed by atoms with E-state index in [1.54, 1.807) is 0 Å². The molecule has 5 N–H and O–H groups in total. The summed E-state index contributed by atoms with van der Waals surface area (Å²) in [6.07, 6.45) is 0. The van der Waals surface area contributed by atoms with Crippen LogP contribution in [0.2, 0.25) is 0 Å². The van der Waals surface area contributed by atoms with E-state index in [9.17, 15) is 22.4 Å². The molecule has 0 unspecified atom stereocenters. The van der Waals surface area contributed by atoms with Crippen LogP contribution in [-0.4, -0.2) is 37.8 Å². The van der Waals surface area contributed by atoms with E-state index < -0.39 is 33.6 Å². The minimum atomic E-state index is -3.72. The summed E-state index contributed by atoms with van der Waals surface area (Å²) in [6.45, 7) is -0.262. The number of halogens is 1. The Balaban J connectivity index is 2.70. The molecular weight excluding hydrogens is 293 g/mol. The Labute approximate surface area is 113 Å². The SMILES string of the molecule is NS(=O)(=O)CCNC(=O)Nc1cc(F)ccc1C(=O)O. The predicted octanol–water partition coefficient (Wildman–Crippen LogP) is -0.0661. The van der Waals surface area contributed by atoms with Crippen LogP contribution in [0.3, 0.4) is 0 Å². The number of amides is 2. The number of carbonyl (C=O) groups is 2. The third-order valence-electron chi connectivity index (χ3n) is 2.13. The molecular formula is C10H12FN3O5S. The minimum absolute atomic E-state index is 0.245. The molecule has 0 bridgehead atoms. The molecule has 10 heteroatoms. The average Bonchev–Trinajstić information content (AvgIpc) is 2.26. The molecule has 0 spiro atoms. The first-order chi connectivity index (χ1) is 9.19. The summed E-state index contributed by atoms with van der Waals surface area (Å²) >= 11 is 0. The first-order valence-electron chi connectivity index (χ1n) is 5.27. The number of urea groups is 1. The number of carbonyl (C=O) groups excluding carboxylic acids is 1. The normalized spacial score (nSPS) is 10.9. The molecule has 0 fully saturated rings. The third kappa shape index (κ3) is 5.20. The topological polar surface area (TPSA) is 139 Å². The molecule has 0 radical (unpaired) electrons. The largest absolute Gasteiger partial charge is 0.478 e. The molecule has 0 aliphatic carbocycles. The van der Waals surface area contributed by atoms with Gasteiger partial charge in [-0.05, 0) is 18.2 Å². The number of nitrogens with one attached hydrogen (secondary N) is 2. The Bertz CT molecular complexity index is 632. The third-order valence-corrected chi connectivity index (χ3v) is 2.91. The number of aromatic carboxylic acids is 1. The van der Waals surface area contributed by atoms with Gasteiger partial charge in [-0.1, -0.05) is 0 Å². The van der Waals surface area contributed by atoms with Crippen molar-refractivity contribution in [3.8, 4) is 0 Å². The highest BCUT2D eigenvalue weighted by atomic mass is 32.2. The number of hydrogen-bond donors (Lipinski definition) is 4. The lowest BCUT2D eigenvalue weighted by molar-refractivity contribution is 0.0698. The molecule has 0 saturated heterocycles. The number of rotatable bonds is 5. The molecule has 1 aromatic carbocycles. The molecule has 0 aromatic heterocycles. The van der Waals surface area contributed by atoms with Crippen LogP contribution >= 0.6 is 0 Å². The highest BCUT2D eigenvalue weighted by Gasteiger charge is 2.13. The zero-order valence-corrected chi connectivity index (χ0v) is 10.9. The van der Waals surface area contributed by atoms with Crippen LogP contribution < -0.4 is 15.8 Å². The number of benzene rings is 1. The smallest absolute Gasteiger partial charge is 0.337 e. The highest BCUT2D eigenvalue weighted by Crippen LogP contribution is 2.17. The fourth-order valence-corrected chi connectivity index (χ4v) is 1.67. The van der Waals surface area contributed by atoms with Gasteiger partial charge in [-0.2, -0.15) is 0 Å². The van der Waals surface area contributed by atoms with Crippen molar-refractivity contribution in [2.24, 2.45) is 5.14 Å². The van der Waals surface area contributed by atoms with Gasteiger partial charge in [0.15, 0.2) is 0 Å². The van der Waals surface area contributed by atoms with E-state index in [2.05, 4.69) is 10.6 Å². The molecule has 110 valence electrons. The summed E-state index contributed by atoms with van der Waals surface area (Å²) < 4.78 is 34.3. The number of anilines is 1. The number of primary sulfonamides is 1. The van der Waals surface area contributed by atoms with Crippen molar-refractivity contribution >= 4 is 27.7 Å². The van der Waals surface area contributed by atoms with E-state index in [0.29, 0.717) is 0 Å². The van der Waals surface area contributed by atoms with E-state index in [1.807, 2.05) is 0 Å². The van der Waals surface area contributed by atoms with Crippen molar-refractivity contribution in [1.29, 1.82) is 0 Å². The molecule has 20 heavy (non-hydrogen) atoms. The van der Waals surface area contributed by atoms with Gasteiger partial charge in [0, 0.05) is 6.54 Å². The Morgan fingerprint density at radius 3 is 2.55 bits per heavy atom. The monoisotopic (exact) mass is 305 g/mol. The number of carboxylic acid groups (broad SMARTS) is 1. The van der Waals surface area contributed by atoms with E-state index in [1.165, 1.54) is 0 Å². The molecule has 0 atom stereocenters. The summed E-state index contributed by atoms with van der Waals surface area (Å²) in [4.78, 5) is 22.3. The van der Waals surface area contributed by atoms with Gasteiger partial charge in [0.05, 0.1) is 17.0 Å². The molecule has 2 amide bonds. The van der Waals surface area contributed by atoms with Gasteiger partial charge in [0.25, 0.3) is 0 Å². The Morgan fingerprint density at radius 1 is 1.35 bits per heavy atom. The number of sulfonamides is 1. The highest BCUT2D eigenvalue weighted by molar-refractivity contribution is 7.89. The average molecular weight is 305 g/mol. The van der Waals surface area contributed by atoms with Gasteiger partial charge < -0.3 is 15.7 Å². The molecule has 1 rings (SSSR count). The van der Waals surface area contributed by atoms with Crippen LogP contribution in [0.1, 0.15) is 10.4 Å². The van der Waals surface area contributed by atoms with Crippen molar-refractivity contribution in [1.82, 2.24) is 5.32 Å². The number of carboxylic acids is 1. The van der Waals surface area contributed by atoms with E-state index >= 15 is 0 Å². The van der Waals surface area contributed by atoms with E-state index in [4.69, 9.17) is 10.2 Å². The number of nitrogens with two attached hydrogens (primary N) is 1. The fraction of sp³-hybridized carbons (Fsp3) is 0.200. The summed E-state index contributed by atoms with van der Waals surface area (Å²) in [5.41, 5.74) is -0.543. The van der Waals surface area contributed by atoms with Gasteiger partial charge in [0.1, 0.15) is 5.82 Å². The van der Waals surface area contributed by atoms with Crippen molar-refractivity contribution in [3.05, 3.63) is 29.6 Å². The van der Waals surface area contributed by atoms with Crippen LogP contribution in [0.4, 0.5) is 14.9 Å². The van der Waals surface area contributed by atoms with Crippen molar-refractivity contribution < 1.29 is 27.5 Å². The quantitative estimate of drug-likeness (QED) is 0.603. The maximum Gasteiger partial charge on any atom is 0.337 e. The molecule has 8 nitrogen and oxygen atoms in total. The second kappa shape index (κ2) is 6.30. The first kappa shape index (κ1) is 15.9. The first-order valence-corrected chi connectivity index (χ1v) is 6.99. The van der Waals surface area contributed by atoms with Crippen molar-refractivity contribution in [2.45, 2.75) is 0 Å².